The molecule has 2 rings (SSSR count). The van der Waals surface area contributed by atoms with Crippen molar-refractivity contribution < 1.29 is 9.18 Å². The summed E-state index contributed by atoms with van der Waals surface area (Å²) in [5, 5.41) is 0. The van der Waals surface area contributed by atoms with Gasteiger partial charge in [0.05, 0.1) is 0 Å². The number of hydrogen-bond acceptors (Lipinski definition) is 2. The number of benzene rings is 1. The summed E-state index contributed by atoms with van der Waals surface area (Å²) >= 11 is 0. The maximum atomic E-state index is 12.9. The van der Waals surface area contributed by atoms with Gasteiger partial charge < -0.3 is 4.57 Å². The standard InChI is InChI=1S/C13H13FN2O/c1-9-7-11(14)4-3-10(9)8-12(17)13-15-5-6-16(13)2/h3-7H,8H2,1-2H3. The molecule has 0 fully saturated rings. The van der Waals surface area contributed by atoms with Gasteiger partial charge in [0.15, 0.2) is 5.82 Å². The van der Waals surface area contributed by atoms with Crippen LogP contribution >= 0.6 is 0 Å². The van der Waals surface area contributed by atoms with E-state index in [1.807, 2.05) is 0 Å². The number of aryl methyl sites for hydroxylation is 2. The van der Waals surface area contributed by atoms with Crippen molar-refractivity contribution in [2.75, 3.05) is 0 Å². The van der Waals surface area contributed by atoms with Crippen LogP contribution in [0.25, 0.3) is 0 Å². The molecule has 0 saturated heterocycles. The van der Waals surface area contributed by atoms with Gasteiger partial charge >= 0.3 is 0 Å². The lowest BCUT2D eigenvalue weighted by Gasteiger charge is -2.05. The molecule has 0 aliphatic carbocycles. The van der Waals surface area contributed by atoms with Gasteiger partial charge in [-0.25, -0.2) is 9.37 Å². The molecule has 0 unspecified atom stereocenters. The van der Waals surface area contributed by atoms with Gasteiger partial charge in [0.1, 0.15) is 5.82 Å². The zero-order valence-corrected chi connectivity index (χ0v) is 9.77. The van der Waals surface area contributed by atoms with E-state index in [1.165, 1.54) is 12.1 Å². The number of imidazole rings is 1. The first-order valence-corrected chi connectivity index (χ1v) is 5.33. The van der Waals surface area contributed by atoms with Crippen LogP contribution in [0.4, 0.5) is 4.39 Å². The summed E-state index contributed by atoms with van der Waals surface area (Å²) in [7, 11) is 1.78. The number of carbonyl (C=O) groups is 1. The molecular formula is C13H13FN2O. The average molecular weight is 232 g/mol. The Kier molecular flexibility index (Phi) is 3.04. The summed E-state index contributed by atoms with van der Waals surface area (Å²) in [6.07, 6.45) is 3.56. The second-order valence-electron chi connectivity index (χ2n) is 4.03. The van der Waals surface area contributed by atoms with Gasteiger partial charge in [-0.05, 0) is 30.2 Å². The Morgan fingerprint density at radius 1 is 1.47 bits per heavy atom. The quantitative estimate of drug-likeness (QED) is 0.761. The fraction of sp³-hybridized carbons (Fsp3) is 0.231. The second kappa shape index (κ2) is 4.49. The van der Waals surface area contributed by atoms with Gasteiger partial charge in [-0.3, -0.25) is 4.79 Å². The molecule has 0 amide bonds. The molecule has 0 aliphatic rings. The van der Waals surface area contributed by atoms with Gasteiger partial charge in [0.25, 0.3) is 0 Å². The fourth-order valence-electron chi connectivity index (χ4n) is 1.74. The van der Waals surface area contributed by atoms with E-state index in [1.54, 1.807) is 37.0 Å². The van der Waals surface area contributed by atoms with Crippen molar-refractivity contribution in [2.24, 2.45) is 7.05 Å². The van der Waals surface area contributed by atoms with Crippen LogP contribution in [0.5, 0.6) is 0 Å². The Hall–Kier alpha value is -1.97. The zero-order valence-electron chi connectivity index (χ0n) is 9.77. The summed E-state index contributed by atoms with van der Waals surface area (Å²) in [4.78, 5) is 16.0. The molecule has 88 valence electrons. The zero-order chi connectivity index (χ0) is 12.4. The molecule has 1 heterocycles. The Morgan fingerprint density at radius 3 is 2.82 bits per heavy atom. The fourth-order valence-corrected chi connectivity index (χ4v) is 1.74. The monoisotopic (exact) mass is 232 g/mol. The lowest BCUT2D eigenvalue weighted by Crippen LogP contribution is -2.11. The summed E-state index contributed by atoms with van der Waals surface area (Å²) < 4.78 is 14.6. The number of halogens is 1. The predicted octanol–water partition coefficient (Wildman–Crippen LogP) is 2.29. The van der Waals surface area contributed by atoms with E-state index in [4.69, 9.17) is 0 Å². The van der Waals surface area contributed by atoms with Crippen molar-refractivity contribution in [2.45, 2.75) is 13.3 Å². The van der Waals surface area contributed by atoms with Crippen molar-refractivity contribution in [1.82, 2.24) is 9.55 Å². The van der Waals surface area contributed by atoms with E-state index in [0.29, 0.717) is 5.82 Å². The summed E-state index contributed by atoms with van der Waals surface area (Å²) in [6, 6.07) is 4.45. The van der Waals surface area contributed by atoms with Crippen LogP contribution in [0.15, 0.2) is 30.6 Å². The smallest absolute Gasteiger partial charge is 0.202 e. The maximum Gasteiger partial charge on any atom is 0.202 e. The van der Waals surface area contributed by atoms with Crippen molar-refractivity contribution in [3.8, 4) is 0 Å². The molecule has 1 aromatic carbocycles. The number of hydrogen-bond donors (Lipinski definition) is 0. The average Bonchev–Trinajstić information content (AvgIpc) is 2.68. The molecule has 0 N–H and O–H groups in total. The highest BCUT2D eigenvalue weighted by atomic mass is 19.1. The topological polar surface area (TPSA) is 34.9 Å². The Balaban J connectivity index is 2.22. The Labute approximate surface area is 98.9 Å². The van der Waals surface area contributed by atoms with Gasteiger partial charge in [0.2, 0.25) is 5.78 Å². The van der Waals surface area contributed by atoms with E-state index >= 15 is 0 Å². The molecule has 0 atom stereocenters. The van der Waals surface area contributed by atoms with Crippen molar-refractivity contribution in [3.05, 3.63) is 53.4 Å². The van der Waals surface area contributed by atoms with E-state index in [2.05, 4.69) is 4.98 Å². The highest BCUT2D eigenvalue weighted by Gasteiger charge is 2.13. The largest absolute Gasteiger partial charge is 0.332 e. The normalized spacial score (nSPS) is 10.5. The van der Waals surface area contributed by atoms with Crippen LogP contribution in [0.1, 0.15) is 21.7 Å². The molecular weight excluding hydrogens is 219 g/mol. The Bertz CT molecular complexity index is 560. The third-order valence-electron chi connectivity index (χ3n) is 2.73. The van der Waals surface area contributed by atoms with Crippen molar-refractivity contribution in [3.63, 3.8) is 0 Å². The Morgan fingerprint density at radius 2 is 2.24 bits per heavy atom. The maximum absolute atomic E-state index is 12.9. The summed E-state index contributed by atoms with van der Waals surface area (Å²) in [6.45, 7) is 1.80. The van der Waals surface area contributed by atoms with Gasteiger partial charge in [0, 0.05) is 25.9 Å². The van der Waals surface area contributed by atoms with Crippen LogP contribution in [0.3, 0.4) is 0 Å². The molecule has 0 saturated carbocycles. The minimum Gasteiger partial charge on any atom is -0.332 e. The molecule has 0 bridgehead atoms. The molecule has 0 spiro atoms. The number of aromatic nitrogens is 2. The van der Waals surface area contributed by atoms with Gasteiger partial charge in [-0.2, -0.15) is 0 Å². The number of ketones is 1. The first-order chi connectivity index (χ1) is 8.08. The van der Waals surface area contributed by atoms with Gasteiger partial charge in [-0.15, -0.1) is 0 Å². The molecule has 3 nitrogen and oxygen atoms in total. The predicted molar refractivity (Wildman–Crippen MR) is 62.4 cm³/mol. The molecule has 2 aromatic rings. The third-order valence-corrected chi connectivity index (χ3v) is 2.73. The number of rotatable bonds is 3. The first kappa shape index (κ1) is 11.5. The minimum absolute atomic E-state index is 0.0628. The molecule has 0 radical (unpaired) electrons. The van der Waals surface area contributed by atoms with Crippen LogP contribution in [0.2, 0.25) is 0 Å². The van der Waals surface area contributed by atoms with Crippen molar-refractivity contribution in [1.29, 1.82) is 0 Å². The highest BCUT2D eigenvalue weighted by molar-refractivity contribution is 5.94. The minimum atomic E-state index is -0.282. The molecule has 1 aromatic heterocycles. The molecule has 0 aliphatic heterocycles. The van der Waals surface area contributed by atoms with Gasteiger partial charge in [-0.1, -0.05) is 6.07 Å². The van der Waals surface area contributed by atoms with Crippen LogP contribution in [-0.2, 0) is 13.5 Å². The van der Waals surface area contributed by atoms with Crippen LogP contribution in [-0.4, -0.2) is 15.3 Å². The summed E-state index contributed by atoms with van der Waals surface area (Å²) in [5.41, 5.74) is 1.62. The second-order valence-corrected chi connectivity index (χ2v) is 4.03. The lowest BCUT2D eigenvalue weighted by molar-refractivity contribution is 0.0980. The SMILES string of the molecule is Cc1cc(F)ccc1CC(=O)c1nccn1C. The molecule has 17 heavy (non-hydrogen) atoms. The number of carbonyl (C=O) groups excluding carboxylic acids is 1. The van der Waals surface area contributed by atoms with E-state index in [0.717, 1.165) is 11.1 Å². The number of nitrogens with zero attached hydrogens (tertiary/aromatic N) is 2. The lowest BCUT2D eigenvalue weighted by atomic mass is 10.0. The third kappa shape index (κ3) is 2.41. The van der Waals surface area contributed by atoms with E-state index in [9.17, 15) is 9.18 Å². The number of Topliss-reactive ketones (excluding diaryl/α,β-unsaturated/α-hetero) is 1. The van der Waals surface area contributed by atoms with Crippen LogP contribution < -0.4 is 0 Å². The molecule has 4 heteroatoms. The van der Waals surface area contributed by atoms with E-state index < -0.39 is 0 Å². The van der Waals surface area contributed by atoms with Crippen molar-refractivity contribution >= 4 is 5.78 Å². The van der Waals surface area contributed by atoms with Crippen LogP contribution in [0, 0.1) is 12.7 Å². The summed E-state index contributed by atoms with van der Waals surface area (Å²) in [5.74, 6) is 0.0802. The van der Waals surface area contributed by atoms with E-state index in [-0.39, 0.29) is 18.0 Å². The first-order valence-electron chi connectivity index (χ1n) is 5.33. The highest BCUT2D eigenvalue weighted by Crippen LogP contribution is 2.12.